The highest BCUT2D eigenvalue weighted by Gasteiger charge is 2.21. The van der Waals surface area contributed by atoms with Crippen LogP contribution < -0.4 is 9.64 Å². The van der Waals surface area contributed by atoms with Gasteiger partial charge < -0.3 is 14.4 Å². The highest BCUT2D eigenvalue weighted by molar-refractivity contribution is 7.13. The number of hydrogen-bond donors (Lipinski definition) is 0. The summed E-state index contributed by atoms with van der Waals surface area (Å²) >= 11 is 7.02. The van der Waals surface area contributed by atoms with Gasteiger partial charge in [0.2, 0.25) is 0 Å². The molecule has 32 heavy (non-hydrogen) atoms. The molecule has 0 radical (unpaired) electrons. The van der Waals surface area contributed by atoms with Crippen LogP contribution in [0.4, 0.5) is 5.69 Å². The first-order chi connectivity index (χ1) is 15.5. The molecule has 0 fully saturated rings. The second-order valence-electron chi connectivity index (χ2n) is 6.63. The highest BCUT2D eigenvalue weighted by Crippen LogP contribution is 2.22. The summed E-state index contributed by atoms with van der Waals surface area (Å²) in [4.78, 5) is 31.3. The average Bonchev–Trinajstić information content (AvgIpc) is 3.18. The molecule has 0 unspecified atom stereocenters. The van der Waals surface area contributed by atoms with E-state index in [0.717, 1.165) is 11.3 Å². The van der Waals surface area contributed by atoms with Crippen LogP contribution in [-0.4, -0.2) is 30.0 Å². The number of nitriles is 1. The molecule has 0 saturated carbocycles. The Labute approximate surface area is 194 Å². The van der Waals surface area contributed by atoms with Crippen molar-refractivity contribution in [1.82, 2.24) is 4.98 Å². The van der Waals surface area contributed by atoms with E-state index >= 15 is 0 Å². The zero-order valence-electron chi connectivity index (χ0n) is 17.3. The molecule has 164 valence electrons. The number of hydrogen-bond acceptors (Lipinski definition) is 7. The normalized spacial score (nSPS) is 10.3. The van der Waals surface area contributed by atoms with Crippen LogP contribution in [0, 0.1) is 18.3 Å². The summed E-state index contributed by atoms with van der Waals surface area (Å²) in [6, 6.07) is 17.9. The summed E-state index contributed by atoms with van der Waals surface area (Å²) in [6.45, 7) is 1.66. The quantitative estimate of drug-likeness (QED) is 0.418. The maximum atomic E-state index is 12.7. The number of aromatic nitrogens is 1. The van der Waals surface area contributed by atoms with Gasteiger partial charge in [-0.15, -0.1) is 11.3 Å². The Balaban J connectivity index is 1.59. The predicted octanol–water partition coefficient (Wildman–Crippen LogP) is 4.79. The molecule has 0 atom stereocenters. The van der Waals surface area contributed by atoms with Gasteiger partial charge in [-0.1, -0.05) is 29.8 Å². The molecule has 1 heterocycles. The van der Waals surface area contributed by atoms with Crippen molar-refractivity contribution in [2.45, 2.75) is 20.0 Å². The van der Waals surface area contributed by atoms with E-state index in [1.807, 2.05) is 12.1 Å². The Kier molecular flexibility index (Phi) is 8.20. The van der Waals surface area contributed by atoms with Gasteiger partial charge in [0, 0.05) is 17.3 Å². The zero-order chi connectivity index (χ0) is 22.9. The molecule has 0 spiro atoms. The van der Waals surface area contributed by atoms with Gasteiger partial charge in [-0.3, -0.25) is 4.79 Å². The molecular weight excluding hydrogens is 450 g/mol. The van der Waals surface area contributed by atoms with Gasteiger partial charge in [0.25, 0.3) is 5.91 Å². The molecular formula is C23H20ClN3O4S. The molecule has 3 rings (SSSR count). The van der Waals surface area contributed by atoms with Crippen molar-refractivity contribution in [3.63, 3.8) is 0 Å². The van der Waals surface area contributed by atoms with Gasteiger partial charge in [-0.25, -0.2) is 9.78 Å². The van der Waals surface area contributed by atoms with Crippen molar-refractivity contribution < 1.29 is 19.1 Å². The minimum absolute atomic E-state index is 0.166. The van der Waals surface area contributed by atoms with Gasteiger partial charge in [-0.2, -0.15) is 5.26 Å². The van der Waals surface area contributed by atoms with Gasteiger partial charge in [0.1, 0.15) is 22.2 Å². The van der Waals surface area contributed by atoms with E-state index in [4.69, 9.17) is 26.3 Å². The van der Waals surface area contributed by atoms with Crippen LogP contribution in [0.5, 0.6) is 5.75 Å². The maximum absolute atomic E-state index is 12.7. The standard InChI is InChI=1S/C23H20ClN3O4S/c1-16-22(32-20(26-16)14-30-19-10-8-17(24)9-11-19)23(29)31-15-21(28)27(13-5-12-25)18-6-3-2-4-7-18/h2-4,6-11H,5,13-15H2,1H3. The van der Waals surface area contributed by atoms with Gasteiger partial charge in [0.15, 0.2) is 6.61 Å². The fraction of sp³-hybridized carbons (Fsp3) is 0.217. The summed E-state index contributed by atoms with van der Waals surface area (Å²) in [5.41, 5.74) is 1.14. The van der Waals surface area contributed by atoms with Crippen LogP contribution in [0.25, 0.3) is 0 Å². The number of carbonyl (C=O) groups is 2. The average molecular weight is 470 g/mol. The lowest BCUT2D eigenvalue weighted by Gasteiger charge is -2.21. The van der Waals surface area contributed by atoms with E-state index in [0.29, 0.717) is 32.0 Å². The predicted molar refractivity (Wildman–Crippen MR) is 122 cm³/mol. The van der Waals surface area contributed by atoms with Crippen molar-refractivity contribution in [3.8, 4) is 11.8 Å². The minimum atomic E-state index is -0.626. The molecule has 1 aromatic heterocycles. The first-order valence-corrected chi connectivity index (χ1v) is 10.9. The molecule has 0 aliphatic carbocycles. The molecule has 1 amide bonds. The first kappa shape index (κ1) is 23.3. The van der Waals surface area contributed by atoms with Crippen molar-refractivity contribution in [2.75, 3.05) is 18.1 Å². The van der Waals surface area contributed by atoms with Crippen LogP contribution in [0.3, 0.4) is 0 Å². The maximum Gasteiger partial charge on any atom is 0.350 e. The van der Waals surface area contributed by atoms with Crippen LogP contribution in [0.1, 0.15) is 26.8 Å². The van der Waals surface area contributed by atoms with Crippen molar-refractivity contribution in [2.24, 2.45) is 0 Å². The van der Waals surface area contributed by atoms with Crippen LogP contribution in [-0.2, 0) is 16.1 Å². The third-order valence-electron chi connectivity index (χ3n) is 4.35. The van der Waals surface area contributed by atoms with Crippen LogP contribution >= 0.6 is 22.9 Å². The minimum Gasteiger partial charge on any atom is -0.486 e. The number of anilines is 1. The number of para-hydroxylation sites is 1. The topological polar surface area (TPSA) is 92.5 Å². The molecule has 3 aromatic rings. The number of amides is 1. The van der Waals surface area contributed by atoms with E-state index in [1.54, 1.807) is 55.5 Å². The van der Waals surface area contributed by atoms with Crippen molar-refractivity contribution in [1.29, 1.82) is 5.26 Å². The smallest absolute Gasteiger partial charge is 0.350 e. The van der Waals surface area contributed by atoms with Crippen LogP contribution in [0.2, 0.25) is 5.02 Å². The second kappa shape index (κ2) is 11.3. The number of benzene rings is 2. The van der Waals surface area contributed by atoms with Crippen LogP contribution in [0.15, 0.2) is 54.6 Å². The van der Waals surface area contributed by atoms with E-state index < -0.39 is 18.5 Å². The first-order valence-electron chi connectivity index (χ1n) is 9.72. The Morgan fingerprint density at radius 2 is 1.88 bits per heavy atom. The Hall–Kier alpha value is -3.41. The molecule has 0 bridgehead atoms. The number of rotatable bonds is 9. The van der Waals surface area contributed by atoms with Crippen molar-refractivity contribution in [3.05, 3.63) is 75.2 Å². The molecule has 0 saturated heterocycles. The van der Waals surface area contributed by atoms with E-state index in [1.165, 1.54) is 4.90 Å². The van der Waals surface area contributed by atoms with E-state index in [2.05, 4.69) is 4.98 Å². The Bertz CT molecular complexity index is 1110. The monoisotopic (exact) mass is 469 g/mol. The largest absolute Gasteiger partial charge is 0.486 e. The third-order valence-corrected chi connectivity index (χ3v) is 5.71. The summed E-state index contributed by atoms with van der Waals surface area (Å²) in [6.07, 6.45) is 0.166. The molecule has 0 aliphatic heterocycles. The lowest BCUT2D eigenvalue weighted by atomic mass is 10.2. The molecule has 7 nitrogen and oxygen atoms in total. The Morgan fingerprint density at radius 3 is 2.56 bits per heavy atom. The van der Waals surface area contributed by atoms with E-state index in [-0.39, 0.29) is 19.6 Å². The molecule has 0 aliphatic rings. The highest BCUT2D eigenvalue weighted by atomic mass is 35.5. The number of ether oxygens (including phenoxy) is 2. The second-order valence-corrected chi connectivity index (χ2v) is 8.15. The van der Waals surface area contributed by atoms with Crippen molar-refractivity contribution >= 4 is 40.5 Å². The number of halogens is 1. The third kappa shape index (κ3) is 6.30. The lowest BCUT2D eigenvalue weighted by molar-refractivity contribution is -0.121. The summed E-state index contributed by atoms with van der Waals surface area (Å²) < 4.78 is 10.9. The fourth-order valence-electron chi connectivity index (χ4n) is 2.82. The summed E-state index contributed by atoms with van der Waals surface area (Å²) in [5.74, 6) is -0.400. The van der Waals surface area contributed by atoms with E-state index in [9.17, 15) is 9.59 Å². The summed E-state index contributed by atoms with van der Waals surface area (Å²) in [5, 5.41) is 10.1. The number of esters is 1. The fourth-order valence-corrected chi connectivity index (χ4v) is 3.82. The summed E-state index contributed by atoms with van der Waals surface area (Å²) in [7, 11) is 0. The molecule has 9 heteroatoms. The lowest BCUT2D eigenvalue weighted by Crippen LogP contribution is -2.35. The van der Waals surface area contributed by atoms with Gasteiger partial charge in [0.05, 0.1) is 18.2 Å². The molecule has 0 N–H and O–H groups in total. The SMILES string of the molecule is Cc1nc(COc2ccc(Cl)cc2)sc1C(=O)OCC(=O)N(CCC#N)c1ccccc1. The number of aryl methyl sites for hydroxylation is 1. The zero-order valence-corrected chi connectivity index (χ0v) is 18.9. The van der Waals surface area contributed by atoms with Gasteiger partial charge in [-0.05, 0) is 43.3 Å². The number of thiazole rings is 1. The Morgan fingerprint density at radius 1 is 1.16 bits per heavy atom. The number of carbonyl (C=O) groups excluding carboxylic acids is 2. The number of nitrogens with zero attached hydrogens (tertiary/aromatic N) is 3. The van der Waals surface area contributed by atoms with Gasteiger partial charge >= 0.3 is 5.97 Å². The molecule has 2 aromatic carbocycles.